The van der Waals surface area contributed by atoms with Crippen LogP contribution in [0.1, 0.15) is 36.7 Å². The highest BCUT2D eigenvalue weighted by Crippen LogP contribution is 2.48. The molecule has 156 valence electrons. The van der Waals surface area contributed by atoms with Gasteiger partial charge in [-0.05, 0) is 24.5 Å². The first-order valence-electron chi connectivity index (χ1n) is 10.2. The molecular weight excluding hydrogens is 396 g/mol. The molecule has 5 heterocycles. The number of anilines is 1. The summed E-state index contributed by atoms with van der Waals surface area (Å²) in [6, 6.07) is 4.32. The van der Waals surface area contributed by atoms with Gasteiger partial charge in [0.1, 0.15) is 0 Å². The van der Waals surface area contributed by atoms with Gasteiger partial charge in [-0.1, -0.05) is 17.6 Å². The van der Waals surface area contributed by atoms with Gasteiger partial charge in [0.05, 0.1) is 42.1 Å². The molecule has 10 heteroatoms. The zero-order valence-corrected chi connectivity index (χ0v) is 16.7. The number of nitrogens with zero attached hydrogens (tertiary/aromatic N) is 7. The first-order valence-corrected chi connectivity index (χ1v) is 10.2. The van der Waals surface area contributed by atoms with Gasteiger partial charge < -0.3 is 15.0 Å². The lowest BCUT2D eigenvalue weighted by molar-refractivity contribution is -0.0286. The summed E-state index contributed by atoms with van der Waals surface area (Å²) in [6.45, 7) is 1.37. The van der Waals surface area contributed by atoms with Gasteiger partial charge in [-0.25, -0.2) is 9.97 Å². The maximum atomic E-state index is 5.61. The summed E-state index contributed by atoms with van der Waals surface area (Å²) in [7, 11) is 0. The molecule has 0 amide bonds. The minimum atomic E-state index is -0.275. The molecule has 2 N–H and O–H groups in total. The van der Waals surface area contributed by atoms with E-state index in [-0.39, 0.29) is 17.4 Å². The fourth-order valence-corrected chi connectivity index (χ4v) is 4.05. The molecular formula is C21H20N8O2. The van der Waals surface area contributed by atoms with Gasteiger partial charge in [-0.2, -0.15) is 10.1 Å². The molecule has 0 bridgehead atoms. The van der Waals surface area contributed by atoms with Crippen LogP contribution in [0.4, 0.5) is 5.95 Å². The van der Waals surface area contributed by atoms with Gasteiger partial charge in [0, 0.05) is 30.4 Å². The van der Waals surface area contributed by atoms with E-state index in [1.165, 1.54) is 0 Å². The smallest absolute Gasteiger partial charge is 0.261 e. The molecule has 1 aliphatic carbocycles. The lowest BCUT2D eigenvalue weighted by Crippen LogP contribution is -2.36. The Balaban J connectivity index is 1.28. The zero-order chi connectivity index (χ0) is 20.8. The monoisotopic (exact) mass is 416 g/mol. The topological polar surface area (TPSA) is 131 Å². The molecule has 0 spiro atoms. The number of hydrogen-bond acceptors (Lipinski definition) is 9. The van der Waals surface area contributed by atoms with E-state index < -0.39 is 0 Å². The molecule has 31 heavy (non-hydrogen) atoms. The first-order chi connectivity index (χ1) is 15.2. The minimum Gasteiger partial charge on any atom is -0.377 e. The second kappa shape index (κ2) is 6.95. The number of rotatable bonds is 5. The van der Waals surface area contributed by atoms with E-state index in [9.17, 15) is 0 Å². The maximum Gasteiger partial charge on any atom is 0.261 e. The predicted octanol–water partition coefficient (Wildman–Crippen LogP) is 2.41. The summed E-state index contributed by atoms with van der Waals surface area (Å²) >= 11 is 0. The zero-order valence-electron chi connectivity index (χ0n) is 16.7. The van der Waals surface area contributed by atoms with Crippen molar-refractivity contribution in [3.63, 3.8) is 0 Å². The fraction of sp³-hybridized carbons (Fsp3) is 0.333. The first kappa shape index (κ1) is 18.1. The van der Waals surface area contributed by atoms with E-state index in [1.54, 1.807) is 18.6 Å². The number of aromatic nitrogens is 7. The summed E-state index contributed by atoms with van der Waals surface area (Å²) in [5, 5.41) is 8.74. The van der Waals surface area contributed by atoms with Gasteiger partial charge in [-0.15, -0.1) is 0 Å². The van der Waals surface area contributed by atoms with E-state index in [0.29, 0.717) is 24.9 Å². The molecule has 10 nitrogen and oxygen atoms in total. The van der Waals surface area contributed by atoms with Crippen molar-refractivity contribution >= 4 is 5.95 Å². The second-order valence-corrected chi connectivity index (χ2v) is 8.02. The fourth-order valence-electron chi connectivity index (χ4n) is 4.05. The lowest BCUT2D eigenvalue weighted by atomic mass is 9.64. The van der Waals surface area contributed by atoms with Crippen LogP contribution in [0.25, 0.3) is 22.7 Å². The second-order valence-electron chi connectivity index (χ2n) is 8.02. The molecule has 4 aromatic heterocycles. The number of ether oxygens (including phenoxy) is 1. The highest BCUT2D eigenvalue weighted by Gasteiger charge is 2.45. The Morgan fingerprint density at radius 1 is 1.00 bits per heavy atom. The van der Waals surface area contributed by atoms with Crippen molar-refractivity contribution in [2.45, 2.75) is 30.7 Å². The molecule has 0 atom stereocenters. The van der Waals surface area contributed by atoms with Crippen LogP contribution in [0.3, 0.4) is 0 Å². The number of nitrogen functional groups attached to an aromatic ring is 1. The third-order valence-electron chi connectivity index (χ3n) is 6.19. The molecule has 2 aliphatic rings. The van der Waals surface area contributed by atoms with E-state index in [0.717, 1.165) is 41.6 Å². The van der Waals surface area contributed by atoms with Crippen LogP contribution in [0.5, 0.6) is 0 Å². The molecule has 0 aromatic carbocycles. The molecule has 1 aliphatic heterocycles. The predicted molar refractivity (Wildman–Crippen MR) is 110 cm³/mol. The molecule has 2 fully saturated rings. The van der Waals surface area contributed by atoms with E-state index in [2.05, 4.69) is 31.3 Å². The number of pyridine rings is 1. The number of hydrogen-bond donors (Lipinski definition) is 1. The van der Waals surface area contributed by atoms with E-state index in [1.807, 2.05) is 23.1 Å². The minimum absolute atomic E-state index is 0.244. The van der Waals surface area contributed by atoms with Crippen LogP contribution in [-0.4, -0.2) is 48.1 Å². The van der Waals surface area contributed by atoms with Gasteiger partial charge >= 0.3 is 0 Å². The Hall–Kier alpha value is -3.66. The van der Waals surface area contributed by atoms with Crippen LogP contribution >= 0.6 is 0 Å². The Morgan fingerprint density at radius 2 is 1.84 bits per heavy atom. The Labute approximate surface area is 177 Å². The van der Waals surface area contributed by atoms with Crippen molar-refractivity contribution in [1.82, 2.24) is 34.9 Å². The summed E-state index contributed by atoms with van der Waals surface area (Å²) in [6.07, 6.45) is 11.9. The van der Waals surface area contributed by atoms with Crippen LogP contribution < -0.4 is 5.73 Å². The molecule has 1 saturated heterocycles. The Kier molecular flexibility index (Phi) is 4.06. The van der Waals surface area contributed by atoms with Gasteiger partial charge in [-0.3, -0.25) is 9.67 Å². The molecule has 1 saturated carbocycles. The van der Waals surface area contributed by atoms with Gasteiger partial charge in [0.15, 0.2) is 5.82 Å². The number of nitrogens with two attached hydrogens (primary N) is 1. The normalized spacial score (nSPS) is 17.8. The van der Waals surface area contributed by atoms with E-state index >= 15 is 0 Å². The van der Waals surface area contributed by atoms with E-state index in [4.69, 9.17) is 20.0 Å². The van der Waals surface area contributed by atoms with Crippen LogP contribution in [0.2, 0.25) is 0 Å². The standard InChI is InChI=1S/C21H20N8O2/c22-20-24-6-13(7-25-20)17-3-2-15(9-23-17)21(4-1-5-21)19-27-18(31-28-19)14-8-26-29(10-14)16-11-30-12-16/h2-3,6-10,16H,1,4-5,11-12H2,(H2,22,24,25). The average molecular weight is 416 g/mol. The van der Waals surface area contributed by atoms with Gasteiger partial charge in [0.2, 0.25) is 5.95 Å². The average Bonchev–Trinajstić information content (AvgIpc) is 3.38. The van der Waals surface area contributed by atoms with Crippen molar-refractivity contribution in [2.24, 2.45) is 0 Å². The lowest BCUT2D eigenvalue weighted by Gasteiger charge is -2.39. The van der Waals surface area contributed by atoms with Crippen molar-refractivity contribution < 1.29 is 9.26 Å². The molecule has 0 radical (unpaired) electrons. The van der Waals surface area contributed by atoms with Crippen molar-refractivity contribution in [2.75, 3.05) is 18.9 Å². The highest BCUT2D eigenvalue weighted by molar-refractivity contribution is 5.58. The Bertz CT molecular complexity index is 1210. The highest BCUT2D eigenvalue weighted by atomic mass is 16.5. The van der Waals surface area contributed by atoms with Gasteiger partial charge in [0.25, 0.3) is 5.89 Å². The molecule has 4 aromatic rings. The van der Waals surface area contributed by atoms with Crippen molar-refractivity contribution in [3.05, 3.63) is 54.5 Å². The third kappa shape index (κ3) is 2.98. The van der Waals surface area contributed by atoms with Crippen LogP contribution in [0.15, 0.2) is 47.6 Å². The SMILES string of the molecule is Nc1ncc(-c2ccc(C3(c4noc(-c5cnn(C6COC6)c5)n4)CCC3)cn2)cn1. The maximum absolute atomic E-state index is 5.61. The summed E-state index contributed by atoms with van der Waals surface area (Å²) in [4.78, 5) is 17.4. The summed E-state index contributed by atoms with van der Waals surface area (Å²) < 4.78 is 12.7. The van der Waals surface area contributed by atoms with Crippen LogP contribution in [-0.2, 0) is 10.2 Å². The van der Waals surface area contributed by atoms with Crippen molar-refractivity contribution in [1.29, 1.82) is 0 Å². The summed E-state index contributed by atoms with van der Waals surface area (Å²) in [5.41, 5.74) is 8.80. The molecule has 6 rings (SSSR count). The third-order valence-corrected chi connectivity index (χ3v) is 6.19. The van der Waals surface area contributed by atoms with Crippen LogP contribution in [0, 0.1) is 0 Å². The Morgan fingerprint density at radius 3 is 2.48 bits per heavy atom. The quantitative estimate of drug-likeness (QED) is 0.521. The van der Waals surface area contributed by atoms with Crippen molar-refractivity contribution in [3.8, 4) is 22.7 Å². The molecule has 0 unspecified atom stereocenters. The largest absolute Gasteiger partial charge is 0.377 e. The summed E-state index contributed by atoms with van der Waals surface area (Å²) in [5.74, 6) is 1.42.